The minimum absolute atomic E-state index is 0. The molecule has 5 heterocycles. The van der Waals surface area contributed by atoms with Crippen molar-refractivity contribution in [3.05, 3.63) is 114 Å². The first-order valence-electron chi connectivity index (χ1n) is 20.0. The van der Waals surface area contributed by atoms with Crippen LogP contribution in [0.4, 0.5) is 0 Å². The molecule has 4 aromatic carbocycles. The molecule has 2 aromatic heterocycles. The second-order valence-corrected chi connectivity index (χ2v) is 19.2. The van der Waals surface area contributed by atoms with Gasteiger partial charge >= 0.3 is 21.1 Å². The van der Waals surface area contributed by atoms with Crippen LogP contribution in [0.3, 0.4) is 0 Å². The van der Waals surface area contributed by atoms with Crippen LogP contribution in [0.15, 0.2) is 123 Å². The van der Waals surface area contributed by atoms with Crippen LogP contribution in [0.2, 0.25) is 0 Å². The van der Waals surface area contributed by atoms with Crippen LogP contribution in [0, 0.1) is 0 Å². The van der Waals surface area contributed by atoms with Gasteiger partial charge < -0.3 is 36.8 Å². The van der Waals surface area contributed by atoms with Crippen molar-refractivity contribution in [2.45, 2.75) is 124 Å². The Morgan fingerprint density at radius 2 is 0.780 bits per heavy atom. The largest absolute Gasteiger partial charge is 0.494 e. The van der Waals surface area contributed by atoms with Crippen molar-refractivity contribution in [1.29, 1.82) is 0 Å². The lowest BCUT2D eigenvalue weighted by atomic mass is 9.49. The van der Waals surface area contributed by atoms with Crippen LogP contribution < -0.4 is 5.46 Å². The number of rotatable bonds is 4. The lowest BCUT2D eigenvalue weighted by molar-refractivity contribution is 0.00578. The zero-order valence-corrected chi connectivity index (χ0v) is 37.4. The van der Waals surface area contributed by atoms with Crippen molar-refractivity contribution in [3.63, 3.8) is 0 Å². The van der Waals surface area contributed by atoms with Gasteiger partial charge in [0.25, 0.3) is 0 Å². The number of fused-ring (bicyclic) bond motifs is 2. The summed E-state index contributed by atoms with van der Waals surface area (Å²) in [7, 11) is -1.31. The van der Waals surface area contributed by atoms with Gasteiger partial charge in [-0.05, 0) is 125 Å². The molecular weight excluding hydrogens is 805 g/mol. The number of hydrogen-bond donors (Lipinski definition) is 0. The van der Waals surface area contributed by atoms with E-state index in [-0.39, 0.29) is 48.2 Å². The van der Waals surface area contributed by atoms with E-state index in [1.54, 1.807) is 0 Å². The highest BCUT2D eigenvalue weighted by Gasteiger charge is 2.63. The monoisotopic (exact) mass is 862 g/mol. The highest BCUT2D eigenvalue weighted by atomic mass is 79.9. The molecule has 12 heteroatoms. The second-order valence-electron chi connectivity index (χ2n) is 18.3. The van der Waals surface area contributed by atoms with Gasteiger partial charge in [0.15, 0.2) is 0 Å². The van der Waals surface area contributed by atoms with E-state index < -0.39 is 14.0 Å². The normalized spacial score (nSPS) is 20.5. The molecule has 3 saturated heterocycles. The summed E-state index contributed by atoms with van der Waals surface area (Å²) in [4.78, 5) is 0. The summed E-state index contributed by atoms with van der Waals surface area (Å²) < 4.78 is 49.0. The number of halogens is 1. The molecule has 3 aliphatic rings. The van der Waals surface area contributed by atoms with Crippen molar-refractivity contribution in [2.24, 2.45) is 0 Å². The molecule has 0 aliphatic carbocycles. The molecule has 3 aliphatic heterocycles. The molecule has 0 amide bonds. The maximum atomic E-state index is 6.15. The molecule has 0 unspecified atom stereocenters. The lowest BCUT2D eigenvalue weighted by Crippen LogP contribution is -2.41. The fourth-order valence-corrected chi connectivity index (χ4v) is 7.11. The first kappa shape index (κ1) is 44.9. The third-order valence-corrected chi connectivity index (χ3v) is 12.9. The van der Waals surface area contributed by atoms with E-state index in [9.17, 15) is 0 Å². The van der Waals surface area contributed by atoms with E-state index in [2.05, 4.69) is 80.0 Å². The topological polar surface area (TPSA) is 81.7 Å². The zero-order valence-electron chi connectivity index (χ0n) is 35.8. The van der Waals surface area contributed by atoms with Crippen LogP contribution in [-0.4, -0.2) is 54.7 Å². The Hall–Kier alpha value is -3.61. The van der Waals surface area contributed by atoms with E-state index >= 15 is 0 Å². The number of furan rings is 2. The molecule has 0 spiro atoms. The van der Waals surface area contributed by atoms with E-state index in [0.717, 1.165) is 54.5 Å². The van der Waals surface area contributed by atoms with E-state index in [1.165, 1.54) is 0 Å². The minimum Gasteiger partial charge on any atom is -0.456 e. The van der Waals surface area contributed by atoms with E-state index in [0.29, 0.717) is 0 Å². The summed E-state index contributed by atoms with van der Waals surface area (Å²) in [6, 6.07) is 36.5. The van der Waals surface area contributed by atoms with Crippen molar-refractivity contribution in [3.8, 4) is 22.6 Å². The van der Waals surface area contributed by atoms with Gasteiger partial charge in [0.1, 0.15) is 22.7 Å². The Kier molecular flexibility index (Phi) is 12.5. The summed E-state index contributed by atoms with van der Waals surface area (Å²) in [5, 5.41) is 2.24. The van der Waals surface area contributed by atoms with Gasteiger partial charge in [0.05, 0.1) is 33.6 Å². The standard InChI is InChI=1S/C20H21BO3.C14H9BrO.C12H24B2O4.CH4/c1-19(2)20(3,4)24-21(23-19)16-10-7-9-14(12-16)18-13-15-8-5-6-11-17(15)22-18;15-12-6-3-5-10(8-12)14-9-11-4-1-2-7-13(11)16-14;1-9(2)10(3,4)16-13(15-9)14-17-11(5,6)12(7,8)18-14;/h5-13H,1-4H3;1-9H;1-8H3;1H4. The molecule has 0 saturated carbocycles. The van der Waals surface area contributed by atoms with Crippen LogP contribution in [0.25, 0.3) is 44.6 Å². The first-order valence-corrected chi connectivity index (χ1v) is 20.8. The SMILES string of the molecule is Brc1cccc(-c2cc3ccccc3o2)c1.C.CC1(C)OB(B2OC(C)(C)C(C)(C)O2)OC1(C)C.CC1(C)OB(c2cccc(-c3cc4ccccc4o3)c2)OC1(C)C. The molecule has 8 nitrogen and oxygen atoms in total. The number of para-hydroxylation sites is 2. The number of hydrogen-bond acceptors (Lipinski definition) is 8. The highest BCUT2D eigenvalue weighted by Crippen LogP contribution is 2.43. The van der Waals surface area contributed by atoms with E-state index in [1.807, 2.05) is 128 Å². The first-order chi connectivity index (χ1) is 27.1. The van der Waals surface area contributed by atoms with Gasteiger partial charge in [0, 0.05) is 26.4 Å². The Morgan fingerprint density at radius 3 is 1.19 bits per heavy atom. The summed E-state index contributed by atoms with van der Waals surface area (Å²) >= 11 is 3.46. The van der Waals surface area contributed by atoms with Gasteiger partial charge in [-0.15, -0.1) is 0 Å². The Bertz CT molecular complexity index is 2250. The summed E-state index contributed by atoms with van der Waals surface area (Å²) in [5.41, 5.74) is 2.83. The Labute approximate surface area is 360 Å². The van der Waals surface area contributed by atoms with Gasteiger partial charge in [-0.1, -0.05) is 96.2 Å². The highest BCUT2D eigenvalue weighted by molar-refractivity contribution is 9.10. The van der Waals surface area contributed by atoms with E-state index in [4.69, 9.17) is 36.8 Å². The van der Waals surface area contributed by atoms with Gasteiger partial charge in [-0.3, -0.25) is 0 Å². The van der Waals surface area contributed by atoms with Crippen molar-refractivity contribution >= 4 is 64.5 Å². The van der Waals surface area contributed by atoms with Crippen molar-refractivity contribution in [1.82, 2.24) is 0 Å². The molecule has 0 bridgehead atoms. The quantitative estimate of drug-likeness (QED) is 0.162. The lowest BCUT2D eigenvalue weighted by Gasteiger charge is -2.32. The molecule has 0 radical (unpaired) electrons. The minimum atomic E-state index is -0.476. The van der Waals surface area contributed by atoms with Crippen LogP contribution >= 0.6 is 15.9 Å². The predicted molar refractivity (Wildman–Crippen MR) is 246 cm³/mol. The van der Waals surface area contributed by atoms with Crippen LogP contribution in [0.1, 0.15) is 90.5 Å². The molecule has 59 heavy (non-hydrogen) atoms. The molecule has 3 fully saturated rings. The summed E-state index contributed by atoms with van der Waals surface area (Å²) in [6.07, 6.45) is 0. The van der Waals surface area contributed by atoms with Crippen molar-refractivity contribution in [2.75, 3.05) is 0 Å². The molecular formula is C47H58B3BrO8. The molecule has 9 rings (SSSR count). The van der Waals surface area contributed by atoms with Crippen LogP contribution in [0.5, 0.6) is 0 Å². The molecule has 0 atom stereocenters. The summed E-state index contributed by atoms with van der Waals surface area (Å²) in [6.45, 7) is 24.5. The fraction of sp³-hybridized carbons (Fsp3) is 0.404. The molecule has 0 N–H and O–H groups in total. The fourth-order valence-electron chi connectivity index (χ4n) is 6.71. The zero-order chi connectivity index (χ0) is 41.9. The second kappa shape index (κ2) is 16.3. The Balaban J connectivity index is 0.000000151. The van der Waals surface area contributed by atoms with Crippen LogP contribution in [-0.2, 0) is 27.9 Å². The predicted octanol–water partition coefficient (Wildman–Crippen LogP) is 12.1. The van der Waals surface area contributed by atoms with Crippen molar-refractivity contribution < 1.29 is 36.8 Å². The molecule has 6 aromatic rings. The maximum Gasteiger partial charge on any atom is 0.494 e. The summed E-state index contributed by atoms with van der Waals surface area (Å²) in [5.74, 6) is 1.76. The smallest absolute Gasteiger partial charge is 0.456 e. The Morgan fingerprint density at radius 1 is 0.407 bits per heavy atom. The molecule has 310 valence electrons. The maximum absolute atomic E-state index is 6.15. The number of benzene rings is 4. The third-order valence-electron chi connectivity index (χ3n) is 12.4. The average molecular weight is 863 g/mol. The van der Waals surface area contributed by atoms with Gasteiger partial charge in [-0.2, -0.15) is 0 Å². The van der Waals surface area contributed by atoms with Gasteiger partial charge in [0.2, 0.25) is 0 Å². The third kappa shape index (κ3) is 9.20. The van der Waals surface area contributed by atoms with Gasteiger partial charge in [-0.25, -0.2) is 0 Å². The average Bonchev–Trinajstić information content (AvgIpc) is 3.92.